The summed E-state index contributed by atoms with van der Waals surface area (Å²) in [5.74, 6) is 1.03. The maximum atomic E-state index is 12.4. The molecule has 2 heterocycles. The summed E-state index contributed by atoms with van der Waals surface area (Å²) in [6.07, 6.45) is 0.875. The Morgan fingerprint density at radius 3 is 2.78 bits per heavy atom. The summed E-state index contributed by atoms with van der Waals surface area (Å²) in [5.41, 5.74) is 1.41. The van der Waals surface area contributed by atoms with Crippen LogP contribution in [0.25, 0.3) is 11.5 Å². The van der Waals surface area contributed by atoms with Crippen molar-refractivity contribution < 1.29 is 9.32 Å². The Kier molecular flexibility index (Phi) is 5.18. The minimum absolute atomic E-state index is 0.0780. The molecule has 0 radical (unpaired) electrons. The Hall–Kier alpha value is -2.70. The van der Waals surface area contributed by atoms with Crippen LogP contribution in [0, 0.1) is 0 Å². The first-order chi connectivity index (χ1) is 13.2. The molecule has 1 saturated heterocycles. The van der Waals surface area contributed by atoms with Gasteiger partial charge in [0, 0.05) is 24.7 Å². The third-order valence-corrected chi connectivity index (χ3v) is 4.91. The molecule has 1 fully saturated rings. The summed E-state index contributed by atoms with van der Waals surface area (Å²) in [6, 6.07) is 16.8. The lowest BCUT2D eigenvalue weighted by molar-refractivity contribution is 0.0937. The molecule has 3 aromatic rings. The van der Waals surface area contributed by atoms with Gasteiger partial charge < -0.3 is 9.84 Å². The van der Waals surface area contributed by atoms with Crippen LogP contribution in [0.15, 0.2) is 59.1 Å². The number of aromatic nitrogens is 2. The van der Waals surface area contributed by atoms with Crippen LogP contribution < -0.4 is 5.32 Å². The minimum atomic E-state index is -0.140. The van der Waals surface area contributed by atoms with Crippen LogP contribution in [-0.2, 0) is 6.54 Å². The first kappa shape index (κ1) is 17.7. The molecule has 0 saturated carbocycles. The van der Waals surface area contributed by atoms with Gasteiger partial charge in [-0.2, -0.15) is 4.98 Å². The summed E-state index contributed by atoms with van der Waals surface area (Å²) in [6.45, 7) is 2.20. The van der Waals surface area contributed by atoms with E-state index >= 15 is 0 Å². The highest BCUT2D eigenvalue weighted by Crippen LogP contribution is 2.19. The lowest BCUT2D eigenvalue weighted by Crippen LogP contribution is -2.37. The van der Waals surface area contributed by atoms with Crippen molar-refractivity contribution in [3.05, 3.63) is 71.0 Å². The van der Waals surface area contributed by atoms with Crippen LogP contribution in [-0.4, -0.2) is 40.1 Å². The van der Waals surface area contributed by atoms with E-state index in [1.807, 2.05) is 42.5 Å². The average Bonchev–Trinajstić information content (AvgIpc) is 3.33. The monoisotopic (exact) mass is 382 g/mol. The van der Waals surface area contributed by atoms with Crippen molar-refractivity contribution >= 4 is 17.5 Å². The largest absolute Gasteiger partial charge is 0.348 e. The number of likely N-dealkylation sites (tertiary alicyclic amines) is 1. The maximum absolute atomic E-state index is 12.4. The molecule has 4 rings (SSSR count). The lowest BCUT2D eigenvalue weighted by atomic mass is 10.2. The van der Waals surface area contributed by atoms with Crippen LogP contribution in [0.5, 0.6) is 0 Å². The van der Waals surface area contributed by atoms with E-state index in [0.717, 1.165) is 25.1 Å². The van der Waals surface area contributed by atoms with E-state index in [1.165, 1.54) is 0 Å². The fraction of sp³-hybridized carbons (Fsp3) is 0.250. The van der Waals surface area contributed by atoms with Crippen molar-refractivity contribution in [2.75, 3.05) is 13.1 Å². The minimum Gasteiger partial charge on any atom is -0.348 e. The zero-order chi connectivity index (χ0) is 18.6. The molecule has 27 heavy (non-hydrogen) atoms. The average molecular weight is 383 g/mol. The van der Waals surface area contributed by atoms with Gasteiger partial charge in [-0.3, -0.25) is 9.69 Å². The molecule has 0 unspecified atom stereocenters. The molecule has 1 amide bonds. The van der Waals surface area contributed by atoms with Crippen molar-refractivity contribution in [1.82, 2.24) is 20.4 Å². The number of halogens is 1. The molecule has 0 bridgehead atoms. The van der Waals surface area contributed by atoms with Crippen molar-refractivity contribution in [3.8, 4) is 11.5 Å². The summed E-state index contributed by atoms with van der Waals surface area (Å²) in [7, 11) is 0. The van der Waals surface area contributed by atoms with Gasteiger partial charge in [-0.1, -0.05) is 47.1 Å². The predicted molar refractivity (Wildman–Crippen MR) is 102 cm³/mol. The predicted octanol–water partition coefficient (Wildman–Crippen LogP) is 3.39. The zero-order valence-corrected chi connectivity index (χ0v) is 15.4. The normalized spacial score (nSPS) is 17.1. The van der Waals surface area contributed by atoms with E-state index in [0.29, 0.717) is 28.8 Å². The third kappa shape index (κ3) is 4.18. The van der Waals surface area contributed by atoms with Gasteiger partial charge in [0.1, 0.15) is 0 Å². The van der Waals surface area contributed by atoms with Gasteiger partial charge in [0.25, 0.3) is 11.8 Å². The number of amides is 1. The second-order valence-electron chi connectivity index (χ2n) is 6.56. The van der Waals surface area contributed by atoms with Crippen molar-refractivity contribution in [2.45, 2.75) is 19.0 Å². The van der Waals surface area contributed by atoms with Crippen LogP contribution >= 0.6 is 11.6 Å². The van der Waals surface area contributed by atoms with Gasteiger partial charge in [0.05, 0.1) is 17.1 Å². The Labute approximate surface area is 162 Å². The maximum Gasteiger partial charge on any atom is 0.257 e. The zero-order valence-electron chi connectivity index (χ0n) is 14.6. The second-order valence-corrected chi connectivity index (χ2v) is 6.96. The van der Waals surface area contributed by atoms with Crippen molar-refractivity contribution in [3.63, 3.8) is 0 Å². The Morgan fingerprint density at radius 2 is 1.96 bits per heavy atom. The summed E-state index contributed by atoms with van der Waals surface area (Å²) in [4.78, 5) is 19.1. The van der Waals surface area contributed by atoms with Crippen molar-refractivity contribution in [1.29, 1.82) is 0 Å². The highest BCUT2D eigenvalue weighted by molar-refractivity contribution is 6.33. The fourth-order valence-corrected chi connectivity index (χ4v) is 3.44. The molecule has 1 atom stereocenters. The summed E-state index contributed by atoms with van der Waals surface area (Å²) >= 11 is 6.10. The van der Waals surface area contributed by atoms with Crippen LogP contribution in [0.4, 0.5) is 0 Å². The van der Waals surface area contributed by atoms with Gasteiger partial charge in [0.15, 0.2) is 5.82 Å². The lowest BCUT2D eigenvalue weighted by Gasteiger charge is -2.15. The Morgan fingerprint density at radius 1 is 1.19 bits per heavy atom. The third-order valence-electron chi connectivity index (χ3n) is 4.58. The molecule has 0 aliphatic carbocycles. The van der Waals surface area contributed by atoms with Gasteiger partial charge in [0.2, 0.25) is 0 Å². The highest BCUT2D eigenvalue weighted by Gasteiger charge is 2.26. The number of hydrogen-bond acceptors (Lipinski definition) is 5. The number of nitrogens with one attached hydrogen (secondary N) is 1. The molecule has 1 aromatic heterocycles. The first-order valence-electron chi connectivity index (χ1n) is 8.85. The summed E-state index contributed by atoms with van der Waals surface area (Å²) in [5, 5.41) is 7.59. The van der Waals surface area contributed by atoms with Gasteiger partial charge >= 0.3 is 0 Å². The molecule has 138 valence electrons. The molecule has 0 spiro atoms. The van der Waals surface area contributed by atoms with E-state index < -0.39 is 0 Å². The second kappa shape index (κ2) is 7.90. The molecule has 1 aliphatic heterocycles. The number of benzene rings is 2. The Balaban J connectivity index is 1.33. The smallest absolute Gasteiger partial charge is 0.257 e. The number of rotatable bonds is 5. The molecular weight excluding hydrogens is 364 g/mol. The molecule has 7 heteroatoms. The first-order valence-corrected chi connectivity index (χ1v) is 9.22. The topological polar surface area (TPSA) is 71.3 Å². The summed E-state index contributed by atoms with van der Waals surface area (Å²) < 4.78 is 5.35. The van der Waals surface area contributed by atoms with Crippen LogP contribution in [0.3, 0.4) is 0 Å². The molecular formula is C20H19ClN4O2. The van der Waals surface area contributed by atoms with E-state index in [9.17, 15) is 4.79 Å². The molecule has 1 N–H and O–H groups in total. The molecule has 1 aliphatic rings. The van der Waals surface area contributed by atoms with Gasteiger partial charge in [-0.25, -0.2) is 0 Å². The SMILES string of the molecule is O=C(N[C@H]1CCN(Cc2noc(-c3ccccc3)n2)C1)c1ccccc1Cl. The fourth-order valence-electron chi connectivity index (χ4n) is 3.22. The number of carbonyl (C=O) groups is 1. The van der Waals surface area contributed by atoms with Crippen LogP contribution in [0.1, 0.15) is 22.6 Å². The van der Waals surface area contributed by atoms with E-state index in [1.54, 1.807) is 12.1 Å². The number of hydrogen-bond donors (Lipinski definition) is 1. The number of nitrogens with zero attached hydrogens (tertiary/aromatic N) is 3. The van der Waals surface area contributed by atoms with E-state index in [2.05, 4.69) is 20.4 Å². The van der Waals surface area contributed by atoms with E-state index in [-0.39, 0.29) is 11.9 Å². The van der Waals surface area contributed by atoms with Crippen molar-refractivity contribution in [2.24, 2.45) is 0 Å². The van der Waals surface area contributed by atoms with Gasteiger partial charge in [-0.15, -0.1) is 0 Å². The Bertz CT molecular complexity index is 928. The number of carbonyl (C=O) groups excluding carboxylic acids is 1. The molecule has 6 nitrogen and oxygen atoms in total. The van der Waals surface area contributed by atoms with Crippen LogP contribution in [0.2, 0.25) is 5.02 Å². The van der Waals surface area contributed by atoms with Gasteiger partial charge in [-0.05, 0) is 30.7 Å². The molecule has 2 aromatic carbocycles. The quantitative estimate of drug-likeness (QED) is 0.732. The van der Waals surface area contributed by atoms with E-state index in [4.69, 9.17) is 16.1 Å². The standard InChI is InChI=1S/C20H19ClN4O2/c21-17-9-5-4-8-16(17)19(26)22-15-10-11-25(12-15)13-18-23-20(27-24-18)14-6-2-1-3-7-14/h1-9,15H,10-13H2,(H,22,26)/t15-/m0/s1. The highest BCUT2D eigenvalue weighted by atomic mass is 35.5.